The topological polar surface area (TPSA) is 96.3 Å². The van der Waals surface area contributed by atoms with Gasteiger partial charge in [-0.15, -0.1) is 0 Å². The summed E-state index contributed by atoms with van der Waals surface area (Å²) in [7, 11) is 0. The predicted octanol–water partition coefficient (Wildman–Crippen LogP) is 1.89. The third-order valence-corrected chi connectivity index (χ3v) is 2.93. The molecular formula is C14H13F3N4O3. The number of rotatable bonds is 5. The second kappa shape index (κ2) is 7.02. The number of alkyl halides is 3. The molecule has 1 heterocycles. The standard InChI is InChI=1S/C14H13F3N4O3/c15-14(16,17)11-10(12(22)18-6-7-19-13(23)24)8-21(20-11)9-4-2-1-3-5-9/h1-5,8,19H,6-7H2,(H,18,22)(H,23,24). The van der Waals surface area contributed by atoms with Gasteiger partial charge in [0.2, 0.25) is 0 Å². The summed E-state index contributed by atoms with van der Waals surface area (Å²) < 4.78 is 40.2. The molecule has 1 aromatic carbocycles. The molecule has 24 heavy (non-hydrogen) atoms. The molecule has 2 aromatic rings. The predicted molar refractivity (Wildman–Crippen MR) is 76.9 cm³/mol. The molecule has 2 amide bonds. The van der Waals surface area contributed by atoms with Crippen LogP contribution in [0.15, 0.2) is 36.5 Å². The molecule has 128 valence electrons. The molecule has 0 bridgehead atoms. The Balaban J connectivity index is 2.23. The summed E-state index contributed by atoms with van der Waals surface area (Å²) in [6.07, 6.45) is -5.11. The van der Waals surface area contributed by atoms with Crippen LogP contribution >= 0.6 is 0 Å². The monoisotopic (exact) mass is 342 g/mol. The highest BCUT2D eigenvalue weighted by molar-refractivity contribution is 5.95. The molecule has 10 heteroatoms. The minimum absolute atomic E-state index is 0.130. The first-order chi connectivity index (χ1) is 11.3. The van der Waals surface area contributed by atoms with Crippen molar-refractivity contribution in [2.45, 2.75) is 6.18 Å². The van der Waals surface area contributed by atoms with Crippen LogP contribution in [0.25, 0.3) is 5.69 Å². The van der Waals surface area contributed by atoms with Crippen LogP contribution in [-0.2, 0) is 6.18 Å². The highest BCUT2D eigenvalue weighted by Gasteiger charge is 2.39. The summed E-state index contributed by atoms with van der Waals surface area (Å²) in [5, 5.41) is 16.0. The van der Waals surface area contributed by atoms with Gasteiger partial charge in [0.15, 0.2) is 5.69 Å². The number of para-hydroxylation sites is 1. The fourth-order valence-electron chi connectivity index (χ4n) is 1.90. The summed E-state index contributed by atoms with van der Waals surface area (Å²) in [6.45, 7) is -0.284. The molecule has 1 aromatic heterocycles. The molecule has 0 unspecified atom stereocenters. The minimum atomic E-state index is -4.80. The SMILES string of the molecule is O=C(O)NCCNC(=O)c1cn(-c2ccccc2)nc1C(F)(F)F. The molecule has 0 fully saturated rings. The van der Waals surface area contributed by atoms with E-state index in [1.807, 2.05) is 5.32 Å². The lowest BCUT2D eigenvalue weighted by atomic mass is 10.2. The Kier molecular flexibility index (Phi) is 5.07. The first-order valence-electron chi connectivity index (χ1n) is 6.76. The zero-order valence-corrected chi connectivity index (χ0v) is 12.2. The van der Waals surface area contributed by atoms with E-state index in [1.165, 1.54) is 0 Å². The first kappa shape index (κ1) is 17.3. The molecule has 0 aliphatic heterocycles. The average Bonchev–Trinajstić information content (AvgIpc) is 2.97. The van der Waals surface area contributed by atoms with E-state index in [9.17, 15) is 22.8 Å². The van der Waals surface area contributed by atoms with Crippen molar-refractivity contribution in [3.8, 4) is 5.69 Å². The van der Waals surface area contributed by atoms with E-state index in [2.05, 4.69) is 10.4 Å². The van der Waals surface area contributed by atoms with Crippen LogP contribution < -0.4 is 10.6 Å². The molecule has 0 saturated carbocycles. The van der Waals surface area contributed by atoms with Gasteiger partial charge in [-0.05, 0) is 12.1 Å². The Labute approximate surface area is 134 Å². The quantitative estimate of drug-likeness (QED) is 0.723. The van der Waals surface area contributed by atoms with Gasteiger partial charge in [-0.2, -0.15) is 18.3 Å². The summed E-state index contributed by atoms with van der Waals surface area (Å²) in [5.41, 5.74) is -1.58. The number of nitrogens with one attached hydrogen (secondary N) is 2. The van der Waals surface area contributed by atoms with Crippen molar-refractivity contribution in [2.75, 3.05) is 13.1 Å². The van der Waals surface area contributed by atoms with Crippen LogP contribution in [0, 0.1) is 0 Å². The molecule has 0 spiro atoms. The highest BCUT2D eigenvalue weighted by Crippen LogP contribution is 2.31. The maximum Gasteiger partial charge on any atom is 0.435 e. The first-order valence-corrected chi connectivity index (χ1v) is 6.76. The molecule has 0 saturated heterocycles. The van der Waals surface area contributed by atoms with Gasteiger partial charge in [-0.3, -0.25) is 4.79 Å². The van der Waals surface area contributed by atoms with Gasteiger partial charge >= 0.3 is 12.3 Å². The van der Waals surface area contributed by atoms with Gasteiger partial charge in [0.1, 0.15) is 0 Å². The smallest absolute Gasteiger partial charge is 0.435 e. The van der Waals surface area contributed by atoms with Crippen molar-refractivity contribution in [3.63, 3.8) is 0 Å². The van der Waals surface area contributed by atoms with Crippen LogP contribution in [0.4, 0.5) is 18.0 Å². The van der Waals surface area contributed by atoms with Gasteiger partial charge < -0.3 is 15.7 Å². The molecule has 0 radical (unpaired) electrons. The largest absolute Gasteiger partial charge is 0.465 e. The van der Waals surface area contributed by atoms with Gasteiger partial charge in [0.25, 0.3) is 5.91 Å². The van der Waals surface area contributed by atoms with Crippen molar-refractivity contribution >= 4 is 12.0 Å². The Morgan fingerprint density at radius 1 is 1.12 bits per heavy atom. The number of aromatic nitrogens is 2. The number of halogens is 3. The molecule has 0 aliphatic carbocycles. The van der Waals surface area contributed by atoms with Crippen LogP contribution in [0.3, 0.4) is 0 Å². The van der Waals surface area contributed by atoms with Crippen LogP contribution in [0.5, 0.6) is 0 Å². The fraction of sp³-hybridized carbons (Fsp3) is 0.214. The lowest BCUT2D eigenvalue weighted by molar-refractivity contribution is -0.141. The number of carbonyl (C=O) groups excluding carboxylic acids is 1. The van der Waals surface area contributed by atoms with E-state index in [1.54, 1.807) is 30.3 Å². The van der Waals surface area contributed by atoms with Gasteiger partial charge in [0.05, 0.1) is 11.3 Å². The van der Waals surface area contributed by atoms with Gasteiger partial charge in [-0.25, -0.2) is 9.48 Å². The van der Waals surface area contributed by atoms with E-state index >= 15 is 0 Å². The number of carboxylic acid groups (broad SMARTS) is 1. The molecule has 7 nitrogen and oxygen atoms in total. The maximum absolute atomic E-state index is 13.1. The Morgan fingerprint density at radius 3 is 2.33 bits per heavy atom. The Bertz CT molecular complexity index is 729. The number of hydrogen-bond donors (Lipinski definition) is 3. The molecule has 0 aliphatic rings. The van der Waals surface area contributed by atoms with Crippen LogP contribution in [0.2, 0.25) is 0 Å². The number of nitrogens with zero attached hydrogens (tertiary/aromatic N) is 2. The number of benzene rings is 1. The zero-order chi connectivity index (χ0) is 17.7. The fourth-order valence-corrected chi connectivity index (χ4v) is 1.90. The normalized spacial score (nSPS) is 11.1. The van der Waals surface area contributed by atoms with Crippen molar-refractivity contribution < 1.29 is 27.9 Å². The average molecular weight is 342 g/mol. The zero-order valence-electron chi connectivity index (χ0n) is 12.2. The Morgan fingerprint density at radius 2 is 1.75 bits per heavy atom. The molecular weight excluding hydrogens is 329 g/mol. The molecule has 0 atom stereocenters. The molecule has 3 N–H and O–H groups in total. The second-order valence-electron chi connectivity index (χ2n) is 4.66. The number of hydrogen-bond acceptors (Lipinski definition) is 3. The van der Waals surface area contributed by atoms with E-state index in [-0.39, 0.29) is 13.1 Å². The minimum Gasteiger partial charge on any atom is -0.465 e. The number of amides is 2. The highest BCUT2D eigenvalue weighted by atomic mass is 19.4. The van der Waals surface area contributed by atoms with E-state index in [0.29, 0.717) is 5.69 Å². The van der Waals surface area contributed by atoms with E-state index in [0.717, 1.165) is 10.9 Å². The second-order valence-corrected chi connectivity index (χ2v) is 4.66. The lowest BCUT2D eigenvalue weighted by Crippen LogP contribution is -2.34. The van der Waals surface area contributed by atoms with Gasteiger partial charge in [0, 0.05) is 19.3 Å². The van der Waals surface area contributed by atoms with Crippen LogP contribution in [0.1, 0.15) is 16.1 Å². The van der Waals surface area contributed by atoms with Crippen LogP contribution in [-0.4, -0.2) is 40.0 Å². The van der Waals surface area contributed by atoms with Crippen molar-refractivity contribution in [3.05, 3.63) is 47.8 Å². The summed E-state index contributed by atoms with van der Waals surface area (Å²) in [6, 6.07) is 8.04. The van der Waals surface area contributed by atoms with E-state index in [4.69, 9.17) is 5.11 Å². The van der Waals surface area contributed by atoms with E-state index < -0.39 is 29.4 Å². The van der Waals surface area contributed by atoms with Crippen molar-refractivity contribution in [1.29, 1.82) is 0 Å². The maximum atomic E-state index is 13.1. The third-order valence-electron chi connectivity index (χ3n) is 2.93. The number of carbonyl (C=O) groups is 2. The summed E-state index contributed by atoms with van der Waals surface area (Å²) in [5.74, 6) is -0.989. The summed E-state index contributed by atoms with van der Waals surface area (Å²) in [4.78, 5) is 22.2. The van der Waals surface area contributed by atoms with Gasteiger partial charge in [-0.1, -0.05) is 18.2 Å². The summed E-state index contributed by atoms with van der Waals surface area (Å²) >= 11 is 0. The van der Waals surface area contributed by atoms with Crippen molar-refractivity contribution in [2.24, 2.45) is 0 Å². The Hall–Kier alpha value is -3.04. The van der Waals surface area contributed by atoms with Crippen molar-refractivity contribution in [1.82, 2.24) is 20.4 Å². The molecule has 2 rings (SSSR count). The third kappa shape index (κ3) is 4.24. The lowest BCUT2D eigenvalue weighted by Gasteiger charge is -2.07.